The van der Waals surface area contributed by atoms with Crippen LogP contribution < -0.4 is 10.6 Å². The Balaban J connectivity index is 1.76. The number of benzene rings is 2. The van der Waals surface area contributed by atoms with Crippen molar-refractivity contribution in [3.05, 3.63) is 89.1 Å². The van der Waals surface area contributed by atoms with E-state index in [0.717, 1.165) is 5.56 Å². The van der Waals surface area contributed by atoms with E-state index >= 15 is 0 Å². The van der Waals surface area contributed by atoms with E-state index < -0.39 is 0 Å². The van der Waals surface area contributed by atoms with Crippen LogP contribution in [0.5, 0.6) is 0 Å². The van der Waals surface area contributed by atoms with Crippen LogP contribution in [0.2, 0.25) is 5.02 Å². The number of amides is 1. The third-order valence-corrected chi connectivity index (χ3v) is 3.81. The summed E-state index contributed by atoms with van der Waals surface area (Å²) in [6.07, 6.45) is 1.65. The molecule has 3 rings (SSSR count). The fraction of sp³-hybridized carbons (Fsp3) is 0.0526. The first-order valence-corrected chi connectivity index (χ1v) is 7.90. The molecule has 0 saturated heterocycles. The smallest absolute Gasteiger partial charge is 0.259 e. The molecule has 4 nitrogen and oxygen atoms in total. The summed E-state index contributed by atoms with van der Waals surface area (Å²) >= 11 is 6.09. The molecule has 1 heterocycles. The molecule has 0 aliphatic rings. The Morgan fingerprint density at radius 1 is 0.958 bits per heavy atom. The standard InChI is InChI=1S/C19H16ClN3O/c20-16-10-4-5-11-17(16)23-19(24)15-9-6-12-21-18(15)22-13-14-7-2-1-3-8-14/h1-12H,13H2,(H,21,22)(H,23,24). The van der Waals surface area contributed by atoms with Gasteiger partial charge in [0.25, 0.3) is 5.91 Å². The lowest BCUT2D eigenvalue weighted by Crippen LogP contribution is -2.16. The number of aromatic nitrogens is 1. The van der Waals surface area contributed by atoms with Crippen molar-refractivity contribution in [2.75, 3.05) is 10.6 Å². The molecule has 0 spiro atoms. The van der Waals surface area contributed by atoms with Gasteiger partial charge >= 0.3 is 0 Å². The predicted octanol–water partition coefficient (Wildman–Crippen LogP) is 4.60. The Kier molecular flexibility index (Phi) is 5.08. The second-order valence-electron chi connectivity index (χ2n) is 5.17. The third kappa shape index (κ3) is 3.91. The van der Waals surface area contributed by atoms with Crippen molar-refractivity contribution >= 4 is 29.0 Å². The highest BCUT2D eigenvalue weighted by Gasteiger charge is 2.13. The first kappa shape index (κ1) is 16.0. The third-order valence-electron chi connectivity index (χ3n) is 3.48. The molecular formula is C19H16ClN3O. The van der Waals surface area contributed by atoms with E-state index in [1.807, 2.05) is 42.5 Å². The molecular weight excluding hydrogens is 322 g/mol. The van der Waals surface area contributed by atoms with Crippen LogP contribution in [0.15, 0.2) is 72.9 Å². The highest BCUT2D eigenvalue weighted by Crippen LogP contribution is 2.22. The van der Waals surface area contributed by atoms with Gasteiger partial charge in [-0.05, 0) is 29.8 Å². The number of rotatable bonds is 5. The van der Waals surface area contributed by atoms with Crippen LogP contribution in [0, 0.1) is 0 Å². The second-order valence-corrected chi connectivity index (χ2v) is 5.58. The molecule has 2 N–H and O–H groups in total. The number of anilines is 2. The minimum absolute atomic E-state index is 0.258. The molecule has 0 radical (unpaired) electrons. The SMILES string of the molecule is O=C(Nc1ccccc1Cl)c1cccnc1NCc1ccccc1. The van der Waals surface area contributed by atoms with Crippen LogP contribution in [-0.4, -0.2) is 10.9 Å². The molecule has 0 unspecified atom stereocenters. The van der Waals surface area contributed by atoms with Gasteiger partial charge in [0.1, 0.15) is 5.82 Å². The van der Waals surface area contributed by atoms with E-state index in [1.165, 1.54) is 0 Å². The lowest BCUT2D eigenvalue weighted by Gasteiger charge is -2.12. The number of carbonyl (C=O) groups is 1. The fourth-order valence-corrected chi connectivity index (χ4v) is 2.45. The monoisotopic (exact) mass is 337 g/mol. The van der Waals surface area contributed by atoms with Crippen LogP contribution in [0.1, 0.15) is 15.9 Å². The number of para-hydroxylation sites is 1. The predicted molar refractivity (Wildman–Crippen MR) is 97.4 cm³/mol. The van der Waals surface area contributed by atoms with Gasteiger partial charge in [0.2, 0.25) is 0 Å². The maximum atomic E-state index is 12.5. The molecule has 0 saturated carbocycles. The number of nitrogens with zero attached hydrogens (tertiary/aromatic N) is 1. The summed E-state index contributed by atoms with van der Waals surface area (Å²) in [5, 5.41) is 6.51. The van der Waals surface area contributed by atoms with Crippen molar-refractivity contribution in [1.82, 2.24) is 4.98 Å². The summed E-state index contributed by atoms with van der Waals surface area (Å²) in [7, 11) is 0. The zero-order valence-electron chi connectivity index (χ0n) is 12.9. The van der Waals surface area contributed by atoms with Crippen LogP contribution in [0.3, 0.4) is 0 Å². The van der Waals surface area contributed by atoms with E-state index in [4.69, 9.17) is 11.6 Å². The first-order valence-electron chi connectivity index (χ1n) is 7.53. The Morgan fingerprint density at radius 3 is 2.50 bits per heavy atom. The van der Waals surface area contributed by atoms with Crippen molar-refractivity contribution in [2.24, 2.45) is 0 Å². The fourth-order valence-electron chi connectivity index (χ4n) is 2.26. The molecule has 0 fully saturated rings. The second kappa shape index (κ2) is 7.62. The summed E-state index contributed by atoms with van der Waals surface area (Å²) in [6, 6.07) is 20.5. The Morgan fingerprint density at radius 2 is 1.71 bits per heavy atom. The van der Waals surface area contributed by atoms with Gasteiger partial charge in [-0.25, -0.2) is 4.98 Å². The normalized spacial score (nSPS) is 10.2. The van der Waals surface area contributed by atoms with Gasteiger partial charge in [-0.3, -0.25) is 4.79 Å². The number of hydrogen-bond donors (Lipinski definition) is 2. The number of pyridine rings is 1. The minimum Gasteiger partial charge on any atom is -0.365 e. The van der Waals surface area contributed by atoms with Gasteiger partial charge in [-0.2, -0.15) is 0 Å². The van der Waals surface area contributed by atoms with Crippen molar-refractivity contribution in [3.63, 3.8) is 0 Å². The maximum absolute atomic E-state index is 12.5. The topological polar surface area (TPSA) is 54.0 Å². The highest BCUT2D eigenvalue weighted by atomic mass is 35.5. The van der Waals surface area contributed by atoms with E-state index in [0.29, 0.717) is 28.6 Å². The minimum atomic E-state index is -0.258. The molecule has 0 bridgehead atoms. The molecule has 1 amide bonds. The molecule has 1 aromatic heterocycles. The van der Waals surface area contributed by atoms with Crippen molar-refractivity contribution < 1.29 is 4.79 Å². The lowest BCUT2D eigenvalue weighted by atomic mass is 10.2. The number of nitrogens with one attached hydrogen (secondary N) is 2. The summed E-state index contributed by atoms with van der Waals surface area (Å²) < 4.78 is 0. The number of hydrogen-bond acceptors (Lipinski definition) is 3. The van der Waals surface area contributed by atoms with Crippen LogP contribution in [0.4, 0.5) is 11.5 Å². The summed E-state index contributed by atoms with van der Waals surface area (Å²) in [6.45, 7) is 0.588. The van der Waals surface area contributed by atoms with E-state index in [9.17, 15) is 4.79 Å². The molecule has 5 heteroatoms. The van der Waals surface area contributed by atoms with Gasteiger partial charge in [0.05, 0.1) is 16.3 Å². The van der Waals surface area contributed by atoms with Crippen LogP contribution in [-0.2, 0) is 6.54 Å². The average Bonchev–Trinajstić information content (AvgIpc) is 2.63. The van der Waals surface area contributed by atoms with Crippen LogP contribution >= 0.6 is 11.6 Å². The molecule has 0 aliphatic heterocycles. The molecule has 24 heavy (non-hydrogen) atoms. The van der Waals surface area contributed by atoms with Crippen molar-refractivity contribution in [1.29, 1.82) is 0 Å². The zero-order chi connectivity index (χ0) is 16.8. The van der Waals surface area contributed by atoms with Gasteiger partial charge in [-0.15, -0.1) is 0 Å². The molecule has 3 aromatic rings. The molecule has 120 valence electrons. The van der Waals surface area contributed by atoms with Crippen LogP contribution in [0.25, 0.3) is 0 Å². The van der Waals surface area contributed by atoms with Gasteiger partial charge in [0, 0.05) is 12.7 Å². The van der Waals surface area contributed by atoms with E-state index in [1.54, 1.807) is 30.5 Å². The largest absolute Gasteiger partial charge is 0.365 e. The Hall–Kier alpha value is -2.85. The first-order chi connectivity index (χ1) is 11.7. The zero-order valence-corrected chi connectivity index (χ0v) is 13.6. The number of carbonyl (C=O) groups excluding carboxylic acids is 1. The van der Waals surface area contributed by atoms with Crippen molar-refractivity contribution in [2.45, 2.75) is 6.54 Å². The molecule has 0 atom stereocenters. The Labute approximate surface area is 145 Å². The lowest BCUT2D eigenvalue weighted by molar-refractivity contribution is 0.102. The summed E-state index contributed by atoms with van der Waals surface area (Å²) in [4.78, 5) is 16.8. The van der Waals surface area contributed by atoms with Gasteiger partial charge in [-0.1, -0.05) is 54.1 Å². The summed E-state index contributed by atoms with van der Waals surface area (Å²) in [5.41, 5.74) is 2.15. The highest BCUT2D eigenvalue weighted by molar-refractivity contribution is 6.34. The molecule has 2 aromatic carbocycles. The average molecular weight is 338 g/mol. The van der Waals surface area contributed by atoms with Crippen molar-refractivity contribution in [3.8, 4) is 0 Å². The number of halogens is 1. The maximum Gasteiger partial charge on any atom is 0.259 e. The summed E-state index contributed by atoms with van der Waals surface area (Å²) in [5.74, 6) is 0.276. The quantitative estimate of drug-likeness (QED) is 0.715. The molecule has 0 aliphatic carbocycles. The Bertz CT molecular complexity index is 837. The van der Waals surface area contributed by atoms with E-state index in [-0.39, 0.29) is 5.91 Å². The van der Waals surface area contributed by atoms with Gasteiger partial charge in [0.15, 0.2) is 0 Å². The van der Waals surface area contributed by atoms with E-state index in [2.05, 4.69) is 15.6 Å². The van der Waals surface area contributed by atoms with Gasteiger partial charge < -0.3 is 10.6 Å².